The number of benzene rings is 2. The zero-order valence-electron chi connectivity index (χ0n) is 17.2. The summed E-state index contributed by atoms with van der Waals surface area (Å²) in [7, 11) is 2.10. The number of aromatic nitrogens is 2. The Balaban J connectivity index is 1.41. The monoisotopic (exact) mass is 428 g/mol. The SMILES string of the molecule is CN1CC[C@]2(C1)CN(Cc1ccc(F)c(F)c1)C[C@H]2c1nc(-c2ccc(F)cc2)no1. The molecule has 0 bridgehead atoms. The van der Waals surface area contributed by atoms with Crippen molar-refractivity contribution in [2.24, 2.45) is 5.41 Å². The summed E-state index contributed by atoms with van der Waals surface area (Å²) in [6.07, 6.45) is 0.997. The van der Waals surface area contributed by atoms with E-state index in [1.165, 1.54) is 24.3 Å². The third kappa shape index (κ3) is 3.85. The minimum absolute atomic E-state index is 0.0319. The first-order valence-corrected chi connectivity index (χ1v) is 10.4. The van der Waals surface area contributed by atoms with Gasteiger partial charge in [0.05, 0.1) is 5.92 Å². The molecule has 31 heavy (non-hydrogen) atoms. The number of rotatable bonds is 4. The molecule has 5 rings (SSSR count). The summed E-state index contributed by atoms with van der Waals surface area (Å²) in [6, 6.07) is 10.1. The molecule has 5 nitrogen and oxygen atoms in total. The van der Waals surface area contributed by atoms with Crippen LogP contribution in [0.25, 0.3) is 11.4 Å². The van der Waals surface area contributed by atoms with E-state index in [1.807, 2.05) is 0 Å². The van der Waals surface area contributed by atoms with E-state index < -0.39 is 11.6 Å². The normalized spacial score (nSPS) is 24.5. The van der Waals surface area contributed by atoms with Crippen LogP contribution in [-0.4, -0.2) is 53.2 Å². The molecule has 0 saturated carbocycles. The predicted octanol–water partition coefficient (Wildman–Crippen LogP) is 4.08. The molecule has 0 amide bonds. The summed E-state index contributed by atoms with van der Waals surface area (Å²) in [4.78, 5) is 9.19. The van der Waals surface area contributed by atoms with Crippen LogP contribution in [0.15, 0.2) is 47.0 Å². The molecule has 0 radical (unpaired) electrons. The van der Waals surface area contributed by atoms with Crippen molar-refractivity contribution >= 4 is 0 Å². The molecule has 8 heteroatoms. The Morgan fingerprint density at radius 3 is 2.58 bits per heavy atom. The highest BCUT2D eigenvalue weighted by Crippen LogP contribution is 2.48. The maximum Gasteiger partial charge on any atom is 0.232 e. The maximum atomic E-state index is 13.7. The van der Waals surface area contributed by atoms with Gasteiger partial charge in [-0.1, -0.05) is 11.2 Å². The van der Waals surface area contributed by atoms with Gasteiger partial charge in [0.25, 0.3) is 0 Å². The van der Waals surface area contributed by atoms with Gasteiger partial charge in [-0.05, 0) is 62.0 Å². The van der Waals surface area contributed by atoms with Crippen LogP contribution in [0.2, 0.25) is 0 Å². The van der Waals surface area contributed by atoms with Gasteiger partial charge >= 0.3 is 0 Å². The average molecular weight is 428 g/mol. The number of halogens is 3. The van der Waals surface area contributed by atoms with Gasteiger partial charge in [-0.15, -0.1) is 0 Å². The Morgan fingerprint density at radius 1 is 1.06 bits per heavy atom. The Bertz CT molecular complexity index is 1090. The Morgan fingerprint density at radius 2 is 1.87 bits per heavy atom. The van der Waals surface area contributed by atoms with E-state index >= 15 is 0 Å². The van der Waals surface area contributed by atoms with Crippen LogP contribution in [-0.2, 0) is 6.54 Å². The predicted molar refractivity (Wildman–Crippen MR) is 109 cm³/mol. The molecule has 0 unspecified atom stereocenters. The van der Waals surface area contributed by atoms with Gasteiger partial charge in [0.15, 0.2) is 11.6 Å². The lowest BCUT2D eigenvalue weighted by Crippen LogP contribution is -2.32. The first-order chi connectivity index (χ1) is 14.9. The highest BCUT2D eigenvalue weighted by atomic mass is 19.2. The molecule has 2 atom stereocenters. The van der Waals surface area contributed by atoms with E-state index in [1.54, 1.807) is 18.2 Å². The van der Waals surface area contributed by atoms with E-state index in [9.17, 15) is 13.2 Å². The molecular formula is C23H23F3N4O. The van der Waals surface area contributed by atoms with Gasteiger partial charge in [-0.3, -0.25) is 4.90 Å². The minimum atomic E-state index is -0.837. The van der Waals surface area contributed by atoms with Crippen molar-refractivity contribution in [2.45, 2.75) is 18.9 Å². The zero-order chi connectivity index (χ0) is 21.6. The topological polar surface area (TPSA) is 45.4 Å². The number of nitrogens with zero attached hydrogens (tertiary/aromatic N) is 4. The molecule has 3 heterocycles. The van der Waals surface area contributed by atoms with Crippen molar-refractivity contribution in [1.82, 2.24) is 19.9 Å². The van der Waals surface area contributed by atoms with Crippen molar-refractivity contribution in [3.8, 4) is 11.4 Å². The molecule has 3 aromatic rings. The number of likely N-dealkylation sites (tertiary alicyclic amines) is 2. The molecule has 162 valence electrons. The molecule has 0 aliphatic carbocycles. The maximum absolute atomic E-state index is 13.7. The highest BCUT2D eigenvalue weighted by molar-refractivity contribution is 5.53. The quantitative estimate of drug-likeness (QED) is 0.627. The molecule has 2 saturated heterocycles. The van der Waals surface area contributed by atoms with Gasteiger partial charge in [0.2, 0.25) is 11.7 Å². The molecule has 1 aromatic heterocycles. The lowest BCUT2D eigenvalue weighted by molar-refractivity contribution is 0.223. The Labute approximate surface area is 178 Å². The summed E-state index contributed by atoms with van der Waals surface area (Å²) in [5.74, 6) is -0.938. The zero-order valence-corrected chi connectivity index (χ0v) is 17.2. The van der Waals surface area contributed by atoms with Crippen LogP contribution in [0, 0.1) is 22.9 Å². The first-order valence-electron chi connectivity index (χ1n) is 10.4. The van der Waals surface area contributed by atoms with Gasteiger partial charge in [0, 0.05) is 37.2 Å². The molecule has 1 spiro atoms. The third-order valence-corrected chi connectivity index (χ3v) is 6.53. The third-order valence-electron chi connectivity index (χ3n) is 6.53. The van der Waals surface area contributed by atoms with Crippen molar-refractivity contribution in [3.05, 3.63) is 71.4 Å². The lowest BCUT2D eigenvalue weighted by Gasteiger charge is -2.28. The molecule has 0 N–H and O–H groups in total. The summed E-state index contributed by atoms with van der Waals surface area (Å²) in [5, 5.41) is 4.13. The Hall–Kier alpha value is -2.71. The van der Waals surface area contributed by atoms with Crippen LogP contribution >= 0.6 is 0 Å². The van der Waals surface area contributed by atoms with Gasteiger partial charge < -0.3 is 9.42 Å². The van der Waals surface area contributed by atoms with Crippen LogP contribution in [0.1, 0.15) is 23.8 Å². The minimum Gasteiger partial charge on any atom is -0.339 e. The van der Waals surface area contributed by atoms with Gasteiger partial charge in [-0.25, -0.2) is 13.2 Å². The second-order valence-corrected chi connectivity index (χ2v) is 8.78. The van der Waals surface area contributed by atoms with E-state index in [-0.39, 0.29) is 17.2 Å². The summed E-state index contributed by atoms with van der Waals surface area (Å²) >= 11 is 0. The highest BCUT2D eigenvalue weighted by Gasteiger charge is 2.52. The van der Waals surface area contributed by atoms with Gasteiger partial charge in [-0.2, -0.15) is 4.98 Å². The fourth-order valence-corrected chi connectivity index (χ4v) is 5.04. The largest absolute Gasteiger partial charge is 0.339 e. The average Bonchev–Trinajstić information content (AvgIpc) is 3.45. The van der Waals surface area contributed by atoms with Crippen LogP contribution in [0.5, 0.6) is 0 Å². The second kappa shape index (κ2) is 7.76. The summed E-state index contributed by atoms with van der Waals surface area (Å²) in [5.41, 5.74) is 1.39. The van der Waals surface area contributed by atoms with E-state index in [4.69, 9.17) is 4.52 Å². The number of hydrogen-bond donors (Lipinski definition) is 0. The molecule has 2 fully saturated rings. The van der Waals surface area contributed by atoms with E-state index in [0.29, 0.717) is 30.4 Å². The van der Waals surface area contributed by atoms with Crippen molar-refractivity contribution in [2.75, 3.05) is 33.2 Å². The van der Waals surface area contributed by atoms with Crippen molar-refractivity contribution in [1.29, 1.82) is 0 Å². The van der Waals surface area contributed by atoms with Gasteiger partial charge in [0.1, 0.15) is 5.82 Å². The van der Waals surface area contributed by atoms with Crippen LogP contribution < -0.4 is 0 Å². The molecule has 2 aliphatic rings. The molecular weight excluding hydrogens is 405 g/mol. The van der Waals surface area contributed by atoms with Crippen LogP contribution in [0.4, 0.5) is 13.2 Å². The summed E-state index contributed by atoms with van der Waals surface area (Å²) < 4.78 is 45.9. The molecule has 2 aromatic carbocycles. The number of hydrogen-bond acceptors (Lipinski definition) is 5. The van der Waals surface area contributed by atoms with E-state index in [2.05, 4.69) is 27.0 Å². The summed E-state index contributed by atoms with van der Waals surface area (Å²) in [6.45, 7) is 3.92. The van der Waals surface area contributed by atoms with Crippen molar-refractivity contribution < 1.29 is 17.7 Å². The lowest BCUT2D eigenvalue weighted by atomic mass is 9.77. The standard InChI is InChI=1S/C23H23F3N4O/c1-29-9-8-23(13-29)14-30(11-15-2-7-19(25)20(26)10-15)12-18(23)22-27-21(28-31-22)16-3-5-17(24)6-4-16/h2-7,10,18H,8-9,11-14H2,1H3/t18-,23-/m0/s1. The van der Waals surface area contributed by atoms with Crippen LogP contribution in [0.3, 0.4) is 0 Å². The second-order valence-electron chi connectivity index (χ2n) is 8.78. The van der Waals surface area contributed by atoms with Crippen molar-refractivity contribution in [3.63, 3.8) is 0 Å². The fraction of sp³-hybridized carbons (Fsp3) is 0.391. The fourth-order valence-electron chi connectivity index (χ4n) is 5.04. The smallest absolute Gasteiger partial charge is 0.232 e. The Kier molecular flexibility index (Phi) is 5.06. The first kappa shape index (κ1) is 20.2. The molecule has 2 aliphatic heterocycles. The van der Waals surface area contributed by atoms with E-state index in [0.717, 1.165) is 31.6 Å².